The standard InChI is InChI=1S/C15H16N6O/c16-15-19-13-5-8(12-3-4-17-21-12)1-2-11(13)14(20-15)18-9-6-10(22)7-9/h1-5,9-10,22H,6-7H2,(H,17,21)(H3,16,18,19,20)/t9-,10-. The topological polar surface area (TPSA) is 113 Å². The van der Waals surface area contributed by atoms with Crippen molar-refractivity contribution in [3.8, 4) is 11.3 Å². The summed E-state index contributed by atoms with van der Waals surface area (Å²) in [4.78, 5) is 8.61. The number of aromatic amines is 1. The molecule has 0 unspecified atom stereocenters. The van der Waals surface area contributed by atoms with Gasteiger partial charge in [0.25, 0.3) is 0 Å². The number of hydrogen-bond acceptors (Lipinski definition) is 6. The zero-order valence-corrected chi connectivity index (χ0v) is 11.8. The van der Waals surface area contributed by atoms with Crippen molar-refractivity contribution in [2.45, 2.75) is 25.0 Å². The van der Waals surface area contributed by atoms with Crippen LogP contribution in [0.25, 0.3) is 22.2 Å². The molecule has 0 atom stereocenters. The normalized spacial score (nSPS) is 20.8. The van der Waals surface area contributed by atoms with Gasteiger partial charge in [0.1, 0.15) is 5.82 Å². The van der Waals surface area contributed by atoms with Gasteiger partial charge in [-0.1, -0.05) is 6.07 Å². The maximum absolute atomic E-state index is 9.40. The fourth-order valence-electron chi connectivity index (χ4n) is 2.74. The maximum Gasteiger partial charge on any atom is 0.222 e. The number of aliphatic hydroxyl groups is 1. The Kier molecular flexibility index (Phi) is 2.93. The van der Waals surface area contributed by atoms with Crippen LogP contribution in [0.4, 0.5) is 11.8 Å². The van der Waals surface area contributed by atoms with Crippen LogP contribution in [-0.4, -0.2) is 37.4 Å². The second-order valence-corrected chi connectivity index (χ2v) is 5.60. The summed E-state index contributed by atoms with van der Waals surface area (Å²) in [5, 5.41) is 20.5. The smallest absolute Gasteiger partial charge is 0.222 e. The molecule has 7 heteroatoms. The maximum atomic E-state index is 9.40. The van der Waals surface area contributed by atoms with Gasteiger partial charge >= 0.3 is 0 Å². The Bertz CT molecular complexity index is 810. The van der Waals surface area contributed by atoms with Crippen LogP contribution < -0.4 is 11.1 Å². The number of nitrogens with two attached hydrogens (primary N) is 1. The van der Waals surface area contributed by atoms with E-state index in [4.69, 9.17) is 5.73 Å². The second-order valence-electron chi connectivity index (χ2n) is 5.60. The van der Waals surface area contributed by atoms with Crippen molar-refractivity contribution in [2.75, 3.05) is 11.1 Å². The van der Waals surface area contributed by atoms with E-state index in [2.05, 4.69) is 25.5 Å². The fourth-order valence-corrected chi connectivity index (χ4v) is 2.74. The average Bonchev–Trinajstić information content (AvgIpc) is 2.99. The molecule has 3 aromatic rings. The van der Waals surface area contributed by atoms with E-state index in [0.717, 1.165) is 40.8 Å². The molecule has 2 heterocycles. The fraction of sp³-hybridized carbons (Fsp3) is 0.267. The van der Waals surface area contributed by atoms with Crippen molar-refractivity contribution >= 4 is 22.7 Å². The van der Waals surface area contributed by atoms with Crippen LogP contribution in [0.2, 0.25) is 0 Å². The van der Waals surface area contributed by atoms with Gasteiger partial charge in [-0.3, -0.25) is 5.10 Å². The molecular formula is C15H16N6O. The first-order chi connectivity index (χ1) is 10.7. The molecule has 1 aromatic carbocycles. The number of nitrogen functional groups attached to an aromatic ring is 1. The van der Waals surface area contributed by atoms with Crippen molar-refractivity contribution < 1.29 is 5.11 Å². The summed E-state index contributed by atoms with van der Waals surface area (Å²) in [7, 11) is 0. The van der Waals surface area contributed by atoms with E-state index in [0.29, 0.717) is 0 Å². The molecule has 0 saturated heterocycles. The van der Waals surface area contributed by atoms with E-state index < -0.39 is 0 Å². The Morgan fingerprint density at radius 3 is 2.82 bits per heavy atom. The first kappa shape index (κ1) is 13.0. The van der Waals surface area contributed by atoms with Crippen molar-refractivity contribution in [3.05, 3.63) is 30.5 Å². The SMILES string of the molecule is Nc1nc(N[C@H]2C[C@H](O)C2)c2ccc(-c3ccn[nH]3)cc2n1. The minimum Gasteiger partial charge on any atom is -0.393 e. The van der Waals surface area contributed by atoms with Crippen LogP contribution in [-0.2, 0) is 0 Å². The quantitative estimate of drug-likeness (QED) is 0.583. The largest absolute Gasteiger partial charge is 0.393 e. The molecule has 0 aliphatic heterocycles. The lowest BCUT2D eigenvalue weighted by Crippen LogP contribution is -2.39. The lowest BCUT2D eigenvalue weighted by atomic mass is 9.89. The summed E-state index contributed by atoms with van der Waals surface area (Å²) in [6, 6.07) is 8.07. The Balaban J connectivity index is 1.74. The molecule has 22 heavy (non-hydrogen) atoms. The number of nitrogens with one attached hydrogen (secondary N) is 2. The molecule has 7 nitrogen and oxygen atoms in total. The van der Waals surface area contributed by atoms with Gasteiger partial charge < -0.3 is 16.2 Å². The monoisotopic (exact) mass is 296 g/mol. The molecule has 112 valence electrons. The molecule has 1 aliphatic rings. The van der Waals surface area contributed by atoms with Gasteiger partial charge in [-0.05, 0) is 31.0 Å². The van der Waals surface area contributed by atoms with Crippen LogP contribution in [0.15, 0.2) is 30.5 Å². The van der Waals surface area contributed by atoms with E-state index in [-0.39, 0.29) is 18.1 Å². The minimum atomic E-state index is -0.213. The van der Waals surface area contributed by atoms with E-state index in [1.54, 1.807) is 6.20 Å². The number of aromatic nitrogens is 4. The third-order valence-electron chi connectivity index (χ3n) is 3.98. The van der Waals surface area contributed by atoms with E-state index >= 15 is 0 Å². The summed E-state index contributed by atoms with van der Waals surface area (Å²) in [5.74, 6) is 0.951. The molecular weight excluding hydrogens is 280 g/mol. The number of hydrogen-bond donors (Lipinski definition) is 4. The summed E-state index contributed by atoms with van der Waals surface area (Å²) >= 11 is 0. The summed E-state index contributed by atoms with van der Waals surface area (Å²) in [5.41, 5.74) is 8.52. The van der Waals surface area contributed by atoms with E-state index in [1.165, 1.54) is 0 Å². The van der Waals surface area contributed by atoms with E-state index in [1.807, 2.05) is 24.3 Å². The average molecular weight is 296 g/mol. The molecule has 0 spiro atoms. The zero-order valence-electron chi connectivity index (χ0n) is 11.8. The molecule has 1 aliphatic carbocycles. The van der Waals surface area contributed by atoms with E-state index in [9.17, 15) is 5.11 Å². The highest BCUT2D eigenvalue weighted by molar-refractivity contribution is 5.92. The summed E-state index contributed by atoms with van der Waals surface area (Å²) < 4.78 is 0. The third kappa shape index (κ3) is 2.25. The third-order valence-corrected chi connectivity index (χ3v) is 3.98. The first-order valence-electron chi connectivity index (χ1n) is 7.20. The number of fused-ring (bicyclic) bond motifs is 1. The zero-order chi connectivity index (χ0) is 15.1. The molecule has 4 rings (SSSR count). The Morgan fingerprint density at radius 2 is 2.09 bits per heavy atom. The lowest BCUT2D eigenvalue weighted by molar-refractivity contribution is 0.0836. The number of aliphatic hydroxyl groups excluding tert-OH is 1. The highest BCUT2D eigenvalue weighted by Gasteiger charge is 2.27. The highest BCUT2D eigenvalue weighted by Crippen LogP contribution is 2.29. The Morgan fingerprint density at radius 1 is 1.23 bits per heavy atom. The van der Waals surface area contributed by atoms with Crippen LogP contribution in [0.1, 0.15) is 12.8 Å². The molecule has 0 amide bonds. The van der Waals surface area contributed by atoms with Gasteiger partial charge in [0.2, 0.25) is 5.95 Å². The van der Waals surface area contributed by atoms with Crippen LogP contribution >= 0.6 is 0 Å². The van der Waals surface area contributed by atoms with Crippen molar-refractivity contribution in [1.82, 2.24) is 20.2 Å². The van der Waals surface area contributed by atoms with Gasteiger partial charge in [-0.2, -0.15) is 10.1 Å². The van der Waals surface area contributed by atoms with Gasteiger partial charge in [0.05, 0.1) is 17.3 Å². The number of H-pyrrole nitrogens is 1. The Hall–Kier alpha value is -2.67. The Labute approximate surface area is 126 Å². The number of anilines is 2. The molecule has 0 bridgehead atoms. The minimum absolute atomic E-state index is 0.213. The predicted molar refractivity (Wildman–Crippen MR) is 84.2 cm³/mol. The number of rotatable bonds is 3. The molecule has 0 radical (unpaired) electrons. The van der Waals surface area contributed by atoms with Crippen LogP contribution in [0, 0.1) is 0 Å². The van der Waals surface area contributed by atoms with Gasteiger partial charge in [-0.15, -0.1) is 0 Å². The van der Waals surface area contributed by atoms with Crippen molar-refractivity contribution in [3.63, 3.8) is 0 Å². The van der Waals surface area contributed by atoms with Crippen LogP contribution in [0.3, 0.4) is 0 Å². The summed E-state index contributed by atoms with van der Waals surface area (Å²) in [6.07, 6.45) is 2.97. The first-order valence-corrected chi connectivity index (χ1v) is 7.20. The predicted octanol–water partition coefficient (Wildman–Crippen LogP) is 1.54. The summed E-state index contributed by atoms with van der Waals surface area (Å²) in [6.45, 7) is 0. The lowest BCUT2D eigenvalue weighted by Gasteiger charge is -2.32. The number of benzene rings is 1. The van der Waals surface area contributed by atoms with Gasteiger partial charge in [-0.25, -0.2) is 4.98 Å². The van der Waals surface area contributed by atoms with Crippen LogP contribution in [0.5, 0.6) is 0 Å². The van der Waals surface area contributed by atoms with Gasteiger partial charge in [0.15, 0.2) is 0 Å². The molecule has 1 saturated carbocycles. The highest BCUT2D eigenvalue weighted by atomic mass is 16.3. The van der Waals surface area contributed by atoms with Crippen molar-refractivity contribution in [2.24, 2.45) is 0 Å². The number of nitrogens with zero attached hydrogens (tertiary/aromatic N) is 3. The molecule has 2 aromatic heterocycles. The van der Waals surface area contributed by atoms with Gasteiger partial charge in [0, 0.05) is 23.2 Å². The second kappa shape index (κ2) is 4.96. The van der Waals surface area contributed by atoms with Crippen molar-refractivity contribution in [1.29, 1.82) is 0 Å². The molecule has 1 fully saturated rings. The molecule has 5 N–H and O–H groups in total.